The third-order valence-electron chi connectivity index (χ3n) is 7.08. The molecule has 0 aliphatic carbocycles. The van der Waals surface area contributed by atoms with Gasteiger partial charge in [0.25, 0.3) is 0 Å². The number of hydrogen-bond donors (Lipinski definition) is 0. The second kappa shape index (κ2) is 12.7. The second-order valence-electron chi connectivity index (χ2n) is 9.79. The molecule has 0 saturated carbocycles. The summed E-state index contributed by atoms with van der Waals surface area (Å²) in [6, 6.07) is 22.4. The zero-order valence-corrected chi connectivity index (χ0v) is 22.6. The maximum atomic E-state index is 13.1. The molecule has 0 radical (unpaired) electrons. The summed E-state index contributed by atoms with van der Waals surface area (Å²) >= 11 is 1.36. The predicted molar refractivity (Wildman–Crippen MR) is 150 cm³/mol. The summed E-state index contributed by atoms with van der Waals surface area (Å²) in [6.45, 7) is 2.78. The Hall–Kier alpha value is -3.65. The molecule has 1 aliphatic rings. The van der Waals surface area contributed by atoms with Gasteiger partial charge in [-0.2, -0.15) is 4.37 Å². The molecule has 8 heteroatoms. The van der Waals surface area contributed by atoms with Crippen LogP contribution in [0.4, 0.5) is 5.13 Å². The summed E-state index contributed by atoms with van der Waals surface area (Å²) in [5.74, 6) is 3.26. The number of aromatic nitrogens is 2. The van der Waals surface area contributed by atoms with Crippen molar-refractivity contribution in [2.45, 2.75) is 38.6 Å². The summed E-state index contributed by atoms with van der Waals surface area (Å²) in [5.41, 5.74) is 2.48. The molecule has 38 heavy (non-hydrogen) atoms. The number of methoxy groups -OCH3 is 1. The van der Waals surface area contributed by atoms with Crippen molar-refractivity contribution in [1.82, 2.24) is 14.3 Å². The number of benzene rings is 2. The number of piperidine rings is 1. The van der Waals surface area contributed by atoms with E-state index in [1.165, 1.54) is 17.1 Å². The molecule has 5 rings (SSSR count). The van der Waals surface area contributed by atoms with E-state index in [0.717, 1.165) is 60.4 Å². The summed E-state index contributed by atoms with van der Waals surface area (Å²) in [7, 11) is 1.67. The van der Waals surface area contributed by atoms with E-state index < -0.39 is 0 Å². The first-order valence-electron chi connectivity index (χ1n) is 13.2. The zero-order valence-electron chi connectivity index (χ0n) is 21.8. The number of furan rings is 1. The van der Waals surface area contributed by atoms with Crippen molar-refractivity contribution in [3.05, 3.63) is 95.7 Å². The van der Waals surface area contributed by atoms with E-state index in [9.17, 15) is 4.79 Å². The normalized spacial score (nSPS) is 14.0. The largest absolute Gasteiger partial charge is 0.497 e. The number of amides is 1. The van der Waals surface area contributed by atoms with E-state index in [4.69, 9.17) is 14.1 Å². The van der Waals surface area contributed by atoms with Gasteiger partial charge in [-0.05, 0) is 60.6 Å². The number of rotatable bonds is 11. The van der Waals surface area contributed by atoms with E-state index >= 15 is 0 Å². The van der Waals surface area contributed by atoms with Gasteiger partial charge in [-0.15, -0.1) is 0 Å². The minimum atomic E-state index is 0.203. The fourth-order valence-corrected chi connectivity index (χ4v) is 5.68. The fraction of sp³-hybridized carbons (Fsp3) is 0.367. The summed E-state index contributed by atoms with van der Waals surface area (Å²) in [5, 5.41) is 0.800. The molecule has 0 unspecified atom stereocenters. The Labute approximate surface area is 228 Å². The third-order valence-corrected chi connectivity index (χ3v) is 7.90. The number of likely N-dealkylation sites (tertiary alicyclic amines) is 1. The van der Waals surface area contributed by atoms with Gasteiger partial charge in [0.15, 0.2) is 0 Å². The molecule has 1 saturated heterocycles. The SMILES string of the molecule is COc1cccc(Cc2nsc(N(CCC(=O)N3CCC(Cc4ccccc4)CC3)Cc3ccco3)n2)c1. The van der Waals surface area contributed by atoms with E-state index in [2.05, 4.69) is 39.6 Å². The molecule has 2 aromatic heterocycles. The van der Waals surface area contributed by atoms with Gasteiger partial charge >= 0.3 is 0 Å². The molecule has 0 spiro atoms. The van der Waals surface area contributed by atoms with Crippen LogP contribution in [0.15, 0.2) is 77.4 Å². The highest BCUT2D eigenvalue weighted by molar-refractivity contribution is 7.09. The molecule has 0 atom stereocenters. The molecule has 1 amide bonds. The average Bonchev–Trinajstić information content (AvgIpc) is 3.64. The quantitative estimate of drug-likeness (QED) is 0.251. The van der Waals surface area contributed by atoms with Gasteiger partial charge in [-0.3, -0.25) is 4.79 Å². The third kappa shape index (κ3) is 7.01. The molecule has 3 heterocycles. The summed E-state index contributed by atoms with van der Waals surface area (Å²) in [6.07, 6.45) is 5.94. The molecular weight excluding hydrogens is 496 g/mol. The van der Waals surface area contributed by atoms with Crippen molar-refractivity contribution >= 4 is 22.6 Å². The van der Waals surface area contributed by atoms with Gasteiger partial charge in [0, 0.05) is 44.0 Å². The van der Waals surface area contributed by atoms with Crippen LogP contribution in [0.1, 0.15) is 42.0 Å². The highest BCUT2D eigenvalue weighted by atomic mass is 32.1. The summed E-state index contributed by atoms with van der Waals surface area (Å²) < 4.78 is 15.5. The zero-order chi connectivity index (χ0) is 26.2. The van der Waals surface area contributed by atoms with E-state index in [1.54, 1.807) is 13.4 Å². The smallest absolute Gasteiger partial charge is 0.224 e. The van der Waals surface area contributed by atoms with E-state index in [1.807, 2.05) is 41.3 Å². The van der Waals surface area contributed by atoms with Gasteiger partial charge in [0.2, 0.25) is 11.0 Å². The highest BCUT2D eigenvalue weighted by Crippen LogP contribution is 2.25. The molecule has 1 aliphatic heterocycles. The number of carbonyl (C=O) groups is 1. The Morgan fingerprint density at radius 3 is 2.66 bits per heavy atom. The van der Waals surface area contributed by atoms with Crippen LogP contribution in [0.25, 0.3) is 0 Å². The molecule has 7 nitrogen and oxygen atoms in total. The van der Waals surface area contributed by atoms with Crippen LogP contribution in [-0.2, 0) is 24.2 Å². The van der Waals surface area contributed by atoms with E-state index in [0.29, 0.717) is 31.8 Å². The molecular formula is C30H34N4O3S. The molecule has 0 bridgehead atoms. The lowest BCUT2D eigenvalue weighted by atomic mass is 9.90. The minimum Gasteiger partial charge on any atom is -0.497 e. The summed E-state index contributed by atoms with van der Waals surface area (Å²) in [4.78, 5) is 22.1. The van der Waals surface area contributed by atoms with Crippen LogP contribution in [0.3, 0.4) is 0 Å². The standard InChI is InChI=1S/C30H34N4O3S/c1-36-26-10-5-9-25(20-26)21-28-31-30(38-32-28)34(22-27-11-6-18-37-27)17-14-29(35)33-15-12-24(13-16-33)19-23-7-3-2-4-8-23/h2-11,18,20,24H,12-17,19,21-22H2,1H3. The fourth-order valence-electron chi connectivity index (χ4n) is 4.97. The maximum Gasteiger partial charge on any atom is 0.224 e. The van der Waals surface area contributed by atoms with Crippen molar-refractivity contribution in [3.8, 4) is 5.75 Å². The Balaban J connectivity index is 1.17. The molecule has 2 aromatic carbocycles. The Kier molecular flexibility index (Phi) is 8.71. The van der Waals surface area contributed by atoms with Crippen LogP contribution in [0.2, 0.25) is 0 Å². The lowest BCUT2D eigenvalue weighted by molar-refractivity contribution is -0.132. The van der Waals surface area contributed by atoms with Crippen molar-refractivity contribution in [2.24, 2.45) is 5.92 Å². The molecule has 198 valence electrons. The van der Waals surface area contributed by atoms with Crippen LogP contribution >= 0.6 is 11.5 Å². The van der Waals surface area contributed by atoms with Crippen molar-refractivity contribution < 1.29 is 13.9 Å². The van der Waals surface area contributed by atoms with Crippen molar-refractivity contribution in [2.75, 3.05) is 31.6 Å². The maximum absolute atomic E-state index is 13.1. The first-order chi connectivity index (χ1) is 18.7. The van der Waals surface area contributed by atoms with Crippen LogP contribution in [0, 0.1) is 5.92 Å². The van der Waals surface area contributed by atoms with Gasteiger partial charge in [0.05, 0.1) is 19.9 Å². The first-order valence-corrected chi connectivity index (χ1v) is 14.0. The van der Waals surface area contributed by atoms with Gasteiger partial charge in [0.1, 0.15) is 17.3 Å². The second-order valence-corrected chi connectivity index (χ2v) is 10.5. The number of ether oxygens (including phenoxy) is 1. The Morgan fingerprint density at radius 1 is 1.08 bits per heavy atom. The van der Waals surface area contributed by atoms with Crippen LogP contribution in [0.5, 0.6) is 5.75 Å². The monoisotopic (exact) mass is 530 g/mol. The number of hydrogen-bond acceptors (Lipinski definition) is 7. The lowest BCUT2D eigenvalue weighted by Crippen LogP contribution is -2.40. The van der Waals surface area contributed by atoms with E-state index in [-0.39, 0.29) is 5.91 Å². The van der Waals surface area contributed by atoms with Crippen molar-refractivity contribution in [1.29, 1.82) is 0 Å². The van der Waals surface area contributed by atoms with Gasteiger partial charge < -0.3 is 19.0 Å². The first kappa shape index (κ1) is 26.0. The molecule has 1 fully saturated rings. The minimum absolute atomic E-state index is 0.203. The Morgan fingerprint density at radius 2 is 1.89 bits per heavy atom. The molecule has 0 N–H and O–H groups in total. The van der Waals surface area contributed by atoms with Crippen LogP contribution < -0.4 is 9.64 Å². The van der Waals surface area contributed by atoms with Crippen LogP contribution in [-0.4, -0.2) is 46.9 Å². The number of nitrogens with zero attached hydrogens (tertiary/aromatic N) is 4. The van der Waals surface area contributed by atoms with Gasteiger partial charge in [-0.25, -0.2) is 4.98 Å². The van der Waals surface area contributed by atoms with Gasteiger partial charge in [-0.1, -0.05) is 42.5 Å². The Bertz CT molecular complexity index is 1280. The highest BCUT2D eigenvalue weighted by Gasteiger charge is 2.24. The average molecular weight is 531 g/mol. The predicted octanol–water partition coefficient (Wildman–Crippen LogP) is 5.61. The lowest BCUT2D eigenvalue weighted by Gasteiger charge is -2.32. The van der Waals surface area contributed by atoms with Crippen molar-refractivity contribution in [3.63, 3.8) is 0 Å². The number of carbonyl (C=O) groups excluding carboxylic acids is 1. The topological polar surface area (TPSA) is 71.7 Å². The number of anilines is 1. The molecule has 4 aromatic rings.